The Morgan fingerprint density at radius 3 is 2.79 bits per heavy atom. The van der Waals surface area contributed by atoms with Crippen molar-refractivity contribution in [2.24, 2.45) is 0 Å². The van der Waals surface area contributed by atoms with E-state index in [1.54, 1.807) is 0 Å². The van der Waals surface area contributed by atoms with Crippen molar-refractivity contribution in [3.8, 4) is 0 Å². The number of nitrogens with one attached hydrogen (secondary N) is 3. The van der Waals surface area contributed by atoms with E-state index in [9.17, 15) is 9.59 Å². The number of rotatable bonds is 6. The van der Waals surface area contributed by atoms with Crippen LogP contribution < -0.4 is 10.6 Å². The number of aliphatic carboxylic acids is 1. The Morgan fingerprint density at radius 1 is 1.47 bits per heavy atom. The molecule has 19 heavy (non-hydrogen) atoms. The molecule has 0 aromatic carbocycles. The maximum Gasteiger partial charge on any atom is 0.315 e. The van der Waals surface area contributed by atoms with E-state index in [0.717, 1.165) is 19.3 Å². The number of hydrogen-bond acceptors (Lipinski definition) is 4. The van der Waals surface area contributed by atoms with Crippen LogP contribution in [0.1, 0.15) is 31.5 Å². The minimum absolute atomic E-state index is 0.0253. The van der Waals surface area contributed by atoms with E-state index in [1.807, 2.05) is 0 Å². The smallest absolute Gasteiger partial charge is 0.315 e. The van der Waals surface area contributed by atoms with Gasteiger partial charge in [0.25, 0.3) is 0 Å². The number of carboxylic acid groups (broad SMARTS) is 1. The summed E-state index contributed by atoms with van der Waals surface area (Å²) in [6.07, 6.45) is 4.32. The molecule has 8 heteroatoms. The Bertz CT molecular complexity index is 441. The lowest BCUT2D eigenvalue weighted by molar-refractivity contribution is -0.139. The molecule has 1 aromatic heterocycles. The molecule has 1 saturated carbocycles. The number of aromatic amines is 1. The van der Waals surface area contributed by atoms with Crippen molar-refractivity contribution >= 4 is 12.0 Å². The topological polar surface area (TPSA) is 120 Å². The van der Waals surface area contributed by atoms with E-state index >= 15 is 0 Å². The average Bonchev–Trinajstić information content (AvgIpc) is 2.78. The second-order valence-corrected chi connectivity index (χ2v) is 4.77. The van der Waals surface area contributed by atoms with Gasteiger partial charge in [-0.05, 0) is 19.3 Å². The van der Waals surface area contributed by atoms with Crippen LogP contribution in [0.25, 0.3) is 0 Å². The second-order valence-electron chi connectivity index (χ2n) is 4.77. The third-order valence-electron chi connectivity index (χ3n) is 3.29. The van der Waals surface area contributed by atoms with Gasteiger partial charge in [0.15, 0.2) is 0 Å². The molecule has 8 nitrogen and oxygen atoms in total. The molecule has 0 bridgehead atoms. The maximum absolute atomic E-state index is 11.7. The molecule has 1 aliphatic rings. The Labute approximate surface area is 110 Å². The van der Waals surface area contributed by atoms with E-state index in [1.165, 1.54) is 6.33 Å². The van der Waals surface area contributed by atoms with Gasteiger partial charge in [-0.25, -0.2) is 9.78 Å². The Hall–Kier alpha value is -2.12. The lowest BCUT2D eigenvalue weighted by Crippen LogP contribution is -2.57. The normalized spacial score (nSPS) is 16.4. The van der Waals surface area contributed by atoms with E-state index in [4.69, 9.17) is 5.11 Å². The fourth-order valence-corrected chi connectivity index (χ4v) is 2.17. The monoisotopic (exact) mass is 267 g/mol. The zero-order chi connectivity index (χ0) is 13.7. The van der Waals surface area contributed by atoms with Gasteiger partial charge in [-0.1, -0.05) is 0 Å². The fraction of sp³-hybridized carbons (Fsp3) is 0.636. The summed E-state index contributed by atoms with van der Waals surface area (Å²) in [5.74, 6) is -0.189. The van der Waals surface area contributed by atoms with E-state index in [2.05, 4.69) is 25.8 Å². The Kier molecular flexibility index (Phi) is 3.98. The minimum Gasteiger partial charge on any atom is -0.481 e. The Balaban J connectivity index is 1.72. The van der Waals surface area contributed by atoms with Gasteiger partial charge in [0.1, 0.15) is 12.2 Å². The van der Waals surface area contributed by atoms with Crippen LogP contribution in [-0.4, -0.2) is 44.4 Å². The molecule has 4 N–H and O–H groups in total. The first kappa shape index (κ1) is 13.3. The molecule has 0 unspecified atom stereocenters. The zero-order valence-electron chi connectivity index (χ0n) is 10.5. The third kappa shape index (κ3) is 3.67. The van der Waals surface area contributed by atoms with Crippen LogP contribution in [0.15, 0.2) is 6.33 Å². The summed E-state index contributed by atoms with van der Waals surface area (Å²) >= 11 is 0. The lowest BCUT2D eigenvalue weighted by atomic mass is 9.74. The van der Waals surface area contributed by atoms with Gasteiger partial charge in [0.05, 0.1) is 12.0 Å². The van der Waals surface area contributed by atoms with E-state index in [-0.39, 0.29) is 12.5 Å². The molecule has 0 aliphatic heterocycles. The number of aromatic nitrogens is 3. The number of amides is 2. The number of hydrogen-bond donors (Lipinski definition) is 4. The molecule has 1 aromatic rings. The van der Waals surface area contributed by atoms with Crippen LogP contribution >= 0.6 is 0 Å². The first-order chi connectivity index (χ1) is 9.10. The molecule has 2 rings (SSSR count). The number of carbonyl (C=O) groups is 2. The molecule has 0 atom stereocenters. The summed E-state index contributed by atoms with van der Waals surface area (Å²) in [6.45, 7) is 0.421. The predicted octanol–water partition coefficient (Wildman–Crippen LogP) is 0.0438. The molecule has 2 amide bonds. The summed E-state index contributed by atoms with van der Waals surface area (Å²) in [5, 5.41) is 20.7. The average molecular weight is 267 g/mol. The van der Waals surface area contributed by atoms with Crippen LogP contribution in [0.3, 0.4) is 0 Å². The number of carbonyl (C=O) groups excluding carboxylic acids is 1. The van der Waals surface area contributed by atoms with Crippen molar-refractivity contribution in [2.45, 2.75) is 37.6 Å². The number of urea groups is 1. The summed E-state index contributed by atoms with van der Waals surface area (Å²) in [4.78, 5) is 26.4. The number of carboxylic acids is 1. The van der Waals surface area contributed by atoms with Crippen molar-refractivity contribution in [1.82, 2.24) is 25.8 Å². The van der Waals surface area contributed by atoms with Crippen molar-refractivity contribution in [2.75, 3.05) is 6.54 Å². The highest BCUT2D eigenvalue weighted by atomic mass is 16.4. The minimum atomic E-state index is -0.887. The molecule has 0 saturated heterocycles. The van der Waals surface area contributed by atoms with E-state index < -0.39 is 11.5 Å². The summed E-state index contributed by atoms with van der Waals surface area (Å²) < 4.78 is 0. The lowest BCUT2D eigenvalue weighted by Gasteiger charge is -2.41. The SMILES string of the molecule is O=C(O)CC1(NC(=O)NCCc2ncn[nH]2)CCC1. The highest BCUT2D eigenvalue weighted by Gasteiger charge is 2.40. The van der Waals surface area contributed by atoms with Gasteiger partial charge >= 0.3 is 12.0 Å². The van der Waals surface area contributed by atoms with Crippen LogP contribution in [0.2, 0.25) is 0 Å². The third-order valence-corrected chi connectivity index (χ3v) is 3.29. The van der Waals surface area contributed by atoms with Gasteiger partial charge in [-0.3, -0.25) is 9.89 Å². The van der Waals surface area contributed by atoms with Crippen LogP contribution in [-0.2, 0) is 11.2 Å². The van der Waals surface area contributed by atoms with Gasteiger partial charge in [0.2, 0.25) is 0 Å². The molecular weight excluding hydrogens is 250 g/mol. The standard InChI is InChI=1S/C11H17N5O3/c17-9(18)6-11(3-1-4-11)15-10(19)12-5-2-8-13-7-14-16-8/h7H,1-6H2,(H,17,18)(H2,12,15,19)(H,13,14,16). The fourth-order valence-electron chi connectivity index (χ4n) is 2.17. The van der Waals surface area contributed by atoms with Crippen LogP contribution in [0, 0.1) is 0 Å². The molecule has 1 aliphatic carbocycles. The van der Waals surface area contributed by atoms with Gasteiger partial charge < -0.3 is 15.7 Å². The van der Waals surface area contributed by atoms with E-state index in [0.29, 0.717) is 18.8 Å². The molecule has 0 spiro atoms. The van der Waals surface area contributed by atoms with Gasteiger partial charge in [-0.15, -0.1) is 0 Å². The number of H-pyrrole nitrogens is 1. The summed E-state index contributed by atoms with van der Waals surface area (Å²) in [7, 11) is 0. The zero-order valence-corrected chi connectivity index (χ0v) is 10.5. The molecular formula is C11H17N5O3. The molecule has 1 heterocycles. The highest BCUT2D eigenvalue weighted by Crippen LogP contribution is 2.34. The number of nitrogens with zero attached hydrogens (tertiary/aromatic N) is 2. The maximum atomic E-state index is 11.7. The first-order valence-corrected chi connectivity index (χ1v) is 6.22. The largest absolute Gasteiger partial charge is 0.481 e. The van der Waals surface area contributed by atoms with Crippen LogP contribution in [0.4, 0.5) is 4.79 Å². The first-order valence-electron chi connectivity index (χ1n) is 6.22. The van der Waals surface area contributed by atoms with Crippen molar-refractivity contribution in [3.63, 3.8) is 0 Å². The van der Waals surface area contributed by atoms with Crippen molar-refractivity contribution in [3.05, 3.63) is 12.2 Å². The van der Waals surface area contributed by atoms with Gasteiger partial charge in [-0.2, -0.15) is 5.10 Å². The predicted molar refractivity (Wildman–Crippen MR) is 65.5 cm³/mol. The Morgan fingerprint density at radius 2 is 2.26 bits per heavy atom. The van der Waals surface area contributed by atoms with Crippen molar-refractivity contribution in [1.29, 1.82) is 0 Å². The second kappa shape index (κ2) is 5.68. The van der Waals surface area contributed by atoms with Crippen molar-refractivity contribution < 1.29 is 14.7 Å². The summed E-state index contributed by atoms with van der Waals surface area (Å²) in [6, 6.07) is -0.333. The quantitative estimate of drug-likeness (QED) is 0.580. The molecule has 0 radical (unpaired) electrons. The highest BCUT2D eigenvalue weighted by molar-refractivity contribution is 5.77. The van der Waals surface area contributed by atoms with Crippen LogP contribution in [0.5, 0.6) is 0 Å². The molecule has 104 valence electrons. The van der Waals surface area contributed by atoms with Gasteiger partial charge in [0, 0.05) is 13.0 Å². The summed E-state index contributed by atoms with van der Waals surface area (Å²) in [5.41, 5.74) is -0.567. The molecule has 1 fully saturated rings.